The fraction of sp³-hybridized carbons (Fsp3) is 0.333. The van der Waals surface area contributed by atoms with E-state index in [2.05, 4.69) is 36.7 Å². The largest absolute Gasteiger partial charge is 0.378 e. The van der Waals surface area contributed by atoms with Crippen LogP contribution in [0.1, 0.15) is 6.92 Å². The number of hydrogen-bond acceptors (Lipinski definition) is 6. The molecule has 0 radical (unpaired) electrons. The highest BCUT2D eigenvalue weighted by molar-refractivity contribution is 5.87. The Morgan fingerprint density at radius 1 is 1.26 bits per heavy atom. The number of ether oxygens (including phenoxy) is 1. The topological polar surface area (TPSA) is 96.7 Å². The predicted molar refractivity (Wildman–Crippen MR) is 102 cm³/mol. The number of fused-ring (bicyclic) bond motifs is 1. The summed E-state index contributed by atoms with van der Waals surface area (Å²) in [7, 11) is 0. The molecule has 0 atom stereocenters. The first-order valence-electron chi connectivity index (χ1n) is 8.93. The lowest BCUT2D eigenvalue weighted by Gasteiger charge is -2.29. The lowest BCUT2D eigenvalue weighted by atomic mass is 10.1. The molecular formula is C18H21N7O2. The fourth-order valence-electron chi connectivity index (χ4n) is 3.04. The third kappa shape index (κ3) is 3.68. The van der Waals surface area contributed by atoms with Crippen LogP contribution < -0.4 is 15.5 Å². The van der Waals surface area contributed by atoms with E-state index in [1.807, 2.05) is 31.3 Å². The molecule has 1 fully saturated rings. The zero-order chi connectivity index (χ0) is 18.6. The third-order valence-electron chi connectivity index (χ3n) is 4.31. The van der Waals surface area contributed by atoms with Crippen LogP contribution in [0.15, 0.2) is 36.7 Å². The van der Waals surface area contributed by atoms with Gasteiger partial charge in [-0.25, -0.2) is 4.79 Å². The smallest absolute Gasteiger partial charge is 0.321 e. The van der Waals surface area contributed by atoms with Gasteiger partial charge in [0.15, 0.2) is 5.65 Å². The van der Waals surface area contributed by atoms with Crippen LogP contribution in [0.3, 0.4) is 0 Å². The average molecular weight is 367 g/mol. The highest BCUT2D eigenvalue weighted by Gasteiger charge is 2.18. The van der Waals surface area contributed by atoms with E-state index in [9.17, 15) is 4.79 Å². The second kappa shape index (κ2) is 7.58. The van der Waals surface area contributed by atoms with Crippen molar-refractivity contribution in [1.29, 1.82) is 0 Å². The number of carbonyl (C=O) groups excluding carboxylic acids is 1. The van der Waals surface area contributed by atoms with Gasteiger partial charge in [0.05, 0.1) is 13.2 Å². The van der Waals surface area contributed by atoms with Crippen molar-refractivity contribution in [2.75, 3.05) is 43.1 Å². The molecule has 9 nitrogen and oxygen atoms in total. The van der Waals surface area contributed by atoms with Crippen molar-refractivity contribution in [3.63, 3.8) is 0 Å². The standard InChI is InChI=1S/C18H21N7O2/c1-2-20-18(26)22-17-21-15-10-14(13-4-3-5-19-12-13)11-16(25(15)23-17)24-6-8-27-9-7-24/h3-5,10-12H,2,6-9H2,1H3,(H2,20,22,23,26). The zero-order valence-electron chi connectivity index (χ0n) is 15.1. The molecule has 0 bridgehead atoms. The molecule has 2 N–H and O–H groups in total. The second-order valence-corrected chi connectivity index (χ2v) is 6.13. The number of aromatic nitrogens is 4. The van der Waals surface area contributed by atoms with E-state index < -0.39 is 0 Å². The van der Waals surface area contributed by atoms with Crippen molar-refractivity contribution in [2.45, 2.75) is 6.92 Å². The molecule has 1 saturated heterocycles. The van der Waals surface area contributed by atoms with Crippen LogP contribution in [0.4, 0.5) is 16.6 Å². The maximum Gasteiger partial charge on any atom is 0.321 e. The minimum absolute atomic E-state index is 0.263. The summed E-state index contributed by atoms with van der Waals surface area (Å²) in [6.45, 7) is 5.25. The van der Waals surface area contributed by atoms with Crippen LogP contribution in [0.2, 0.25) is 0 Å². The molecule has 0 spiro atoms. The minimum Gasteiger partial charge on any atom is -0.378 e. The van der Waals surface area contributed by atoms with Crippen molar-refractivity contribution in [3.05, 3.63) is 36.7 Å². The second-order valence-electron chi connectivity index (χ2n) is 6.13. The summed E-state index contributed by atoms with van der Waals surface area (Å²) in [5.74, 6) is 1.17. The molecule has 0 saturated carbocycles. The first kappa shape index (κ1) is 17.2. The van der Waals surface area contributed by atoms with Gasteiger partial charge in [-0.2, -0.15) is 9.50 Å². The molecule has 1 aliphatic rings. The van der Waals surface area contributed by atoms with Gasteiger partial charge < -0.3 is 15.0 Å². The van der Waals surface area contributed by atoms with Gasteiger partial charge >= 0.3 is 6.03 Å². The number of morpholine rings is 1. The van der Waals surface area contributed by atoms with E-state index in [0.29, 0.717) is 25.4 Å². The Labute approximate surface area is 156 Å². The number of nitrogens with one attached hydrogen (secondary N) is 2. The van der Waals surface area contributed by atoms with E-state index in [0.717, 1.165) is 30.0 Å². The molecule has 0 unspecified atom stereocenters. The molecule has 140 valence electrons. The predicted octanol–water partition coefficient (Wildman–Crippen LogP) is 1.77. The van der Waals surface area contributed by atoms with Crippen LogP contribution >= 0.6 is 0 Å². The summed E-state index contributed by atoms with van der Waals surface area (Å²) < 4.78 is 7.23. The van der Waals surface area contributed by atoms with Crippen LogP contribution in [0, 0.1) is 0 Å². The fourth-order valence-corrected chi connectivity index (χ4v) is 3.04. The maximum absolute atomic E-state index is 11.8. The van der Waals surface area contributed by atoms with E-state index in [1.54, 1.807) is 10.7 Å². The van der Waals surface area contributed by atoms with Gasteiger partial charge in [0.1, 0.15) is 5.82 Å². The third-order valence-corrected chi connectivity index (χ3v) is 4.31. The summed E-state index contributed by atoms with van der Waals surface area (Å²) in [5, 5.41) is 9.83. The monoisotopic (exact) mass is 367 g/mol. The Morgan fingerprint density at radius 3 is 2.85 bits per heavy atom. The van der Waals surface area contributed by atoms with Gasteiger partial charge in [0, 0.05) is 37.6 Å². The summed E-state index contributed by atoms with van der Waals surface area (Å²) in [6.07, 6.45) is 3.56. The highest BCUT2D eigenvalue weighted by Crippen LogP contribution is 2.27. The number of carbonyl (C=O) groups is 1. The number of urea groups is 1. The Hall–Kier alpha value is -3.20. The van der Waals surface area contributed by atoms with Crippen molar-refractivity contribution in [1.82, 2.24) is 24.9 Å². The maximum atomic E-state index is 11.8. The quantitative estimate of drug-likeness (QED) is 0.729. The van der Waals surface area contributed by atoms with Crippen LogP contribution in [-0.2, 0) is 4.74 Å². The normalized spacial score (nSPS) is 14.3. The molecule has 0 aromatic carbocycles. The summed E-state index contributed by atoms with van der Waals surface area (Å²) >= 11 is 0. The van der Waals surface area contributed by atoms with Gasteiger partial charge in [-0.15, -0.1) is 5.10 Å². The lowest BCUT2D eigenvalue weighted by Crippen LogP contribution is -2.37. The van der Waals surface area contributed by atoms with Gasteiger partial charge in [-0.05, 0) is 30.7 Å². The van der Waals surface area contributed by atoms with Gasteiger partial charge in [-0.3, -0.25) is 10.3 Å². The van der Waals surface area contributed by atoms with Crippen LogP contribution in [0.5, 0.6) is 0 Å². The minimum atomic E-state index is -0.325. The van der Waals surface area contributed by atoms with Crippen molar-refractivity contribution >= 4 is 23.4 Å². The summed E-state index contributed by atoms with van der Waals surface area (Å²) in [6, 6.07) is 7.59. The van der Waals surface area contributed by atoms with E-state index in [1.165, 1.54) is 0 Å². The SMILES string of the molecule is CCNC(=O)Nc1nc2cc(-c3cccnc3)cc(N3CCOCC3)n2n1. The van der Waals surface area contributed by atoms with Crippen LogP contribution in [0.25, 0.3) is 16.8 Å². The number of amides is 2. The molecule has 3 aromatic heterocycles. The number of nitrogens with zero attached hydrogens (tertiary/aromatic N) is 5. The van der Waals surface area contributed by atoms with Gasteiger partial charge in [0.2, 0.25) is 0 Å². The molecule has 4 heterocycles. The van der Waals surface area contributed by atoms with Gasteiger partial charge in [0.25, 0.3) is 5.95 Å². The summed E-state index contributed by atoms with van der Waals surface area (Å²) in [5.41, 5.74) is 2.65. The first-order chi connectivity index (χ1) is 13.2. The zero-order valence-corrected chi connectivity index (χ0v) is 15.1. The number of hydrogen-bond donors (Lipinski definition) is 2. The Bertz CT molecular complexity index is 936. The molecule has 4 rings (SSSR count). The molecule has 9 heteroatoms. The molecule has 2 amide bonds. The van der Waals surface area contributed by atoms with E-state index in [4.69, 9.17) is 4.74 Å². The molecule has 0 aliphatic carbocycles. The Kier molecular flexibility index (Phi) is 4.84. The summed E-state index contributed by atoms with van der Waals surface area (Å²) in [4.78, 5) is 22.7. The van der Waals surface area contributed by atoms with Crippen molar-refractivity contribution in [3.8, 4) is 11.1 Å². The van der Waals surface area contributed by atoms with E-state index >= 15 is 0 Å². The first-order valence-corrected chi connectivity index (χ1v) is 8.93. The number of anilines is 2. The number of rotatable bonds is 4. The van der Waals surface area contributed by atoms with E-state index in [-0.39, 0.29) is 12.0 Å². The molecule has 27 heavy (non-hydrogen) atoms. The Balaban J connectivity index is 1.78. The Morgan fingerprint density at radius 2 is 2.11 bits per heavy atom. The molecule has 3 aromatic rings. The molecular weight excluding hydrogens is 346 g/mol. The lowest BCUT2D eigenvalue weighted by molar-refractivity contribution is 0.122. The number of pyridine rings is 2. The molecule has 1 aliphatic heterocycles. The highest BCUT2D eigenvalue weighted by atomic mass is 16.5. The average Bonchev–Trinajstić information content (AvgIpc) is 3.11. The van der Waals surface area contributed by atoms with Crippen molar-refractivity contribution < 1.29 is 9.53 Å². The van der Waals surface area contributed by atoms with Gasteiger partial charge in [-0.1, -0.05) is 6.07 Å². The van der Waals surface area contributed by atoms with Crippen molar-refractivity contribution in [2.24, 2.45) is 0 Å². The van der Waals surface area contributed by atoms with Crippen LogP contribution in [-0.4, -0.2) is 58.5 Å².